The highest BCUT2D eigenvalue weighted by Gasteiger charge is 2.14. The maximum absolute atomic E-state index is 12.8. The molecule has 4 nitrogen and oxygen atoms in total. The number of methoxy groups -OCH3 is 1. The number of hydrogen-bond donors (Lipinski definition) is 2. The molecule has 5 heteroatoms. The third-order valence-corrected chi connectivity index (χ3v) is 3.06. The number of benzene rings is 2. The molecule has 2 aromatic carbocycles. The van der Waals surface area contributed by atoms with E-state index in [-0.39, 0.29) is 12.5 Å². The van der Waals surface area contributed by atoms with E-state index in [2.05, 4.69) is 5.32 Å². The summed E-state index contributed by atoms with van der Waals surface area (Å²) in [5.41, 5.74) is 0.933. The van der Waals surface area contributed by atoms with Gasteiger partial charge in [-0.3, -0.25) is 4.79 Å². The van der Waals surface area contributed by atoms with E-state index < -0.39 is 11.9 Å². The summed E-state index contributed by atoms with van der Waals surface area (Å²) < 4.78 is 17.9. The Bertz CT molecular complexity index is 613. The largest absolute Gasteiger partial charge is 0.496 e. The number of rotatable bonds is 5. The Balaban J connectivity index is 1.99. The van der Waals surface area contributed by atoms with Crippen molar-refractivity contribution in [3.63, 3.8) is 0 Å². The maximum Gasteiger partial charge on any atom is 0.251 e. The zero-order valence-electron chi connectivity index (χ0n) is 11.5. The minimum atomic E-state index is -0.884. The van der Waals surface area contributed by atoms with Crippen molar-refractivity contribution in [3.8, 4) is 5.75 Å². The second kappa shape index (κ2) is 6.85. The van der Waals surface area contributed by atoms with Crippen molar-refractivity contribution >= 4 is 5.91 Å². The van der Waals surface area contributed by atoms with Gasteiger partial charge in [-0.2, -0.15) is 0 Å². The van der Waals surface area contributed by atoms with Gasteiger partial charge in [0.25, 0.3) is 5.91 Å². The lowest BCUT2D eigenvalue weighted by Gasteiger charge is -2.15. The number of nitrogens with one attached hydrogen (secondary N) is 1. The van der Waals surface area contributed by atoms with Gasteiger partial charge in [-0.05, 0) is 30.3 Å². The summed E-state index contributed by atoms with van der Waals surface area (Å²) in [6.45, 7) is 0.0383. The molecule has 0 fully saturated rings. The van der Waals surface area contributed by atoms with Gasteiger partial charge < -0.3 is 15.2 Å². The van der Waals surface area contributed by atoms with Crippen LogP contribution in [0.2, 0.25) is 0 Å². The van der Waals surface area contributed by atoms with E-state index in [0.717, 1.165) is 0 Å². The lowest BCUT2D eigenvalue weighted by Crippen LogP contribution is -2.28. The first-order valence-electron chi connectivity index (χ1n) is 6.46. The van der Waals surface area contributed by atoms with E-state index in [1.165, 1.54) is 31.4 Å². The number of para-hydroxylation sites is 1. The Morgan fingerprint density at radius 2 is 1.90 bits per heavy atom. The van der Waals surface area contributed by atoms with Crippen molar-refractivity contribution in [1.29, 1.82) is 0 Å². The standard InChI is InChI=1S/C16H16FNO3/c1-21-15-5-3-2-4-13(15)14(19)10-18-16(20)11-6-8-12(17)9-7-11/h2-9,14,19H,10H2,1H3,(H,18,20)/t14-/m0/s1. The SMILES string of the molecule is COc1ccccc1[C@@H](O)CNC(=O)c1ccc(F)cc1. The van der Waals surface area contributed by atoms with Crippen LogP contribution in [0.4, 0.5) is 4.39 Å². The van der Waals surface area contributed by atoms with E-state index in [0.29, 0.717) is 16.9 Å². The monoisotopic (exact) mass is 289 g/mol. The Hall–Kier alpha value is -2.40. The predicted octanol–water partition coefficient (Wildman–Crippen LogP) is 2.30. The van der Waals surface area contributed by atoms with Crippen molar-refractivity contribution in [1.82, 2.24) is 5.32 Å². The second-order valence-electron chi connectivity index (χ2n) is 4.47. The minimum absolute atomic E-state index is 0.0383. The van der Waals surface area contributed by atoms with Crippen LogP contribution in [0, 0.1) is 5.82 Å². The quantitative estimate of drug-likeness (QED) is 0.888. The van der Waals surface area contributed by atoms with Gasteiger partial charge in [0.1, 0.15) is 11.6 Å². The normalized spacial score (nSPS) is 11.8. The fourth-order valence-corrected chi connectivity index (χ4v) is 1.94. The summed E-state index contributed by atoms with van der Waals surface area (Å²) in [4.78, 5) is 11.9. The van der Waals surface area contributed by atoms with Crippen molar-refractivity contribution in [2.45, 2.75) is 6.10 Å². The Morgan fingerprint density at radius 1 is 1.24 bits per heavy atom. The zero-order valence-corrected chi connectivity index (χ0v) is 11.5. The highest BCUT2D eigenvalue weighted by Crippen LogP contribution is 2.24. The lowest BCUT2D eigenvalue weighted by molar-refractivity contribution is 0.0914. The Kier molecular flexibility index (Phi) is 4.90. The molecule has 0 unspecified atom stereocenters. The molecule has 0 aliphatic heterocycles. The van der Waals surface area contributed by atoms with Gasteiger partial charge in [-0.15, -0.1) is 0 Å². The molecule has 21 heavy (non-hydrogen) atoms. The highest BCUT2D eigenvalue weighted by atomic mass is 19.1. The third kappa shape index (κ3) is 3.79. The van der Waals surface area contributed by atoms with E-state index in [1.807, 2.05) is 0 Å². The number of aliphatic hydroxyl groups is 1. The first-order valence-corrected chi connectivity index (χ1v) is 6.46. The number of hydrogen-bond acceptors (Lipinski definition) is 3. The van der Waals surface area contributed by atoms with Crippen LogP contribution in [0.3, 0.4) is 0 Å². The molecule has 2 aromatic rings. The molecule has 0 aliphatic carbocycles. The molecule has 110 valence electrons. The molecule has 0 heterocycles. The second-order valence-corrected chi connectivity index (χ2v) is 4.47. The number of halogens is 1. The van der Waals surface area contributed by atoms with Gasteiger partial charge >= 0.3 is 0 Å². The van der Waals surface area contributed by atoms with Crippen LogP contribution in [-0.4, -0.2) is 24.7 Å². The molecule has 0 saturated carbocycles. The van der Waals surface area contributed by atoms with Crippen LogP contribution >= 0.6 is 0 Å². The molecule has 0 aliphatic rings. The van der Waals surface area contributed by atoms with E-state index >= 15 is 0 Å². The average Bonchev–Trinajstić information content (AvgIpc) is 2.52. The molecular weight excluding hydrogens is 273 g/mol. The zero-order chi connectivity index (χ0) is 15.2. The summed E-state index contributed by atoms with van der Waals surface area (Å²) in [7, 11) is 1.52. The number of ether oxygens (including phenoxy) is 1. The van der Waals surface area contributed by atoms with Crippen LogP contribution in [0.1, 0.15) is 22.0 Å². The molecule has 1 atom stereocenters. The third-order valence-electron chi connectivity index (χ3n) is 3.06. The summed E-state index contributed by atoms with van der Waals surface area (Å²) in [6.07, 6.45) is -0.884. The number of amides is 1. The van der Waals surface area contributed by atoms with Crippen LogP contribution < -0.4 is 10.1 Å². The van der Waals surface area contributed by atoms with E-state index in [9.17, 15) is 14.3 Å². The summed E-state index contributed by atoms with van der Waals surface area (Å²) in [5, 5.41) is 12.7. The fourth-order valence-electron chi connectivity index (χ4n) is 1.94. The van der Waals surface area contributed by atoms with Gasteiger partial charge in [-0.25, -0.2) is 4.39 Å². The van der Waals surface area contributed by atoms with E-state index in [1.54, 1.807) is 24.3 Å². The molecule has 0 aromatic heterocycles. The summed E-state index contributed by atoms with van der Waals surface area (Å²) in [6, 6.07) is 12.3. The van der Waals surface area contributed by atoms with Crippen molar-refractivity contribution in [2.24, 2.45) is 0 Å². The average molecular weight is 289 g/mol. The molecule has 2 N–H and O–H groups in total. The summed E-state index contributed by atoms with van der Waals surface area (Å²) >= 11 is 0. The van der Waals surface area contributed by atoms with Crippen molar-refractivity contribution in [3.05, 3.63) is 65.5 Å². The van der Waals surface area contributed by atoms with Crippen molar-refractivity contribution < 1.29 is 19.0 Å². The van der Waals surface area contributed by atoms with Gasteiger partial charge in [-0.1, -0.05) is 18.2 Å². The lowest BCUT2D eigenvalue weighted by atomic mass is 10.1. The van der Waals surface area contributed by atoms with Gasteiger partial charge in [0.15, 0.2) is 0 Å². The molecular formula is C16H16FNO3. The smallest absolute Gasteiger partial charge is 0.251 e. The molecule has 0 radical (unpaired) electrons. The van der Waals surface area contributed by atoms with Crippen LogP contribution in [-0.2, 0) is 0 Å². The molecule has 0 bridgehead atoms. The predicted molar refractivity (Wildman–Crippen MR) is 76.7 cm³/mol. The van der Waals surface area contributed by atoms with Gasteiger partial charge in [0.2, 0.25) is 0 Å². The first-order chi connectivity index (χ1) is 10.1. The Labute approximate surface area is 122 Å². The number of carbonyl (C=O) groups excluding carboxylic acids is 1. The van der Waals surface area contributed by atoms with Crippen LogP contribution in [0.15, 0.2) is 48.5 Å². The van der Waals surface area contributed by atoms with E-state index in [4.69, 9.17) is 4.74 Å². The van der Waals surface area contributed by atoms with Crippen LogP contribution in [0.5, 0.6) is 5.75 Å². The fraction of sp³-hybridized carbons (Fsp3) is 0.188. The topological polar surface area (TPSA) is 58.6 Å². The molecule has 2 rings (SSSR count). The molecule has 0 spiro atoms. The maximum atomic E-state index is 12.8. The van der Waals surface area contributed by atoms with Gasteiger partial charge in [0, 0.05) is 17.7 Å². The minimum Gasteiger partial charge on any atom is -0.496 e. The van der Waals surface area contributed by atoms with Gasteiger partial charge in [0.05, 0.1) is 13.2 Å². The highest BCUT2D eigenvalue weighted by molar-refractivity contribution is 5.94. The Morgan fingerprint density at radius 3 is 2.57 bits per heavy atom. The molecule has 1 amide bonds. The summed E-state index contributed by atoms with van der Waals surface area (Å²) in [5.74, 6) is -0.217. The number of carbonyl (C=O) groups is 1. The number of aliphatic hydroxyl groups excluding tert-OH is 1. The van der Waals surface area contributed by atoms with Crippen LogP contribution in [0.25, 0.3) is 0 Å². The molecule has 0 saturated heterocycles. The first kappa shape index (κ1) is 15.0. The van der Waals surface area contributed by atoms with Crippen molar-refractivity contribution in [2.75, 3.05) is 13.7 Å².